The molecule has 1 aliphatic rings. The number of rotatable bonds is 4. The zero-order valence-corrected chi connectivity index (χ0v) is 8.42. The molecule has 13 heavy (non-hydrogen) atoms. The van der Waals surface area contributed by atoms with Crippen LogP contribution in [0.2, 0.25) is 0 Å². The van der Waals surface area contributed by atoms with Crippen molar-refractivity contribution in [1.29, 1.82) is 0 Å². The highest BCUT2D eigenvalue weighted by molar-refractivity contribution is 7.89. The lowest BCUT2D eigenvalue weighted by molar-refractivity contribution is 0.483. The van der Waals surface area contributed by atoms with E-state index in [1.165, 1.54) is 6.08 Å². The molecule has 0 saturated carbocycles. The van der Waals surface area contributed by atoms with Gasteiger partial charge in [-0.3, -0.25) is 4.55 Å². The topological polar surface area (TPSA) is 54.4 Å². The van der Waals surface area contributed by atoms with E-state index in [1.54, 1.807) is 6.08 Å². The predicted molar refractivity (Wildman–Crippen MR) is 51.8 cm³/mol. The molecule has 4 heteroatoms. The van der Waals surface area contributed by atoms with E-state index in [0.29, 0.717) is 0 Å². The maximum atomic E-state index is 10.9. The van der Waals surface area contributed by atoms with E-state index in [0.717, 1.165) is 19.3 Å². The highest BCUT2D eigenvalue weighted by atomic mass is 32.2. The van der Waals surface area contributed by atoms with Crippen molar-refractivity contribution < 1.29 is 13.0 Å². The zero-order chi connectivity index (χ0) is 9.90. The van der Waals surface area contributed by atoms with Crippen molar-refractivity contribution in [2.45, 2.75) is 26.2 Å². The van der Waals surface area contributed by atoms with Crippen molar-refractivity contribution in [3.05, 3.63) is 23.1 Å². The van der Waals surface area contributed by atoms with Gasteiger partial charge in [0.05, 0.1) is 4.91 Å². The Kier molecular flexibility index (Phi) is 3.27. The van der Waals surface area contributed by atoms with E-state index in [4.69, 9.17) is 4.55 Å². The van der Waals surface area contributed by atoms with Gasteiger partial charge in [0.25, 0.3) is 10.1 Å². The minimum atomic E-state index is -3.98. The lowest BCUT2D eigenvalue weighted by Gasteiger charge is -2.09. The molecule has 0 aromatic heterocycles. The van der Waals surface area contributed by atoms with E-state index < -0.39 is 10.1 Å². The van der Waals surface area contributed by atoms with Gasteiger partial charge in [0.15, 0.2) is 0 Å². The van der Waals surface area contributed by atoms with Gasteiger partial charge in [0, 0.05) is 5.92 Å². The van der Waals surface area contributed by atoms with Crippen LogP contribution in [0.25, 0.3) is 0 Å². The average molecular weight is 202 g/mol. The first-order chi connectivity index (χ1) is 6.05. The molecule has 1 aliphatic carbocycles. The van der Waals surface area contributed by atoms with Crippen molar-refractivity contribution in [3.63, 3.8) is 0 Å². The summed E-state index contributed by atoms with van der Waals surface area (Å²) in [4.78, 5) is 0.140. The molecule has 74 valence electrons. The summed E-state index contributed by atoms with van der Waals surface area (Å²) in [5, 5.41) is 0. The Bertz CT molecular complexity index is 325. The Morgan fingerprint density at radius 1 is 1.54 bits per heavy atom. The Morgan fingerprint density at radius 2 is 2.23 bits per heavy atom. The third-order valence-corrected chi connectivity index (χ3v) is 3.17. The summed E-state index contributed by atoms with van der Waals surface area (Å²) in [7, 11) is -3.98. The summed E-state index contributed by atoms with van der Waals surface area (Å²) in [6, 6.07) is 0. The maximum absolute atomic E-state index is 10.9. The molecular formula is C9H14O3S. The predicted octanol–water partition coefficient (Wildman–Crippen LogP) is 2.13. The second-order valence-corrected chi connectivity index (χ2v) is 4.60. The summed E-state index contributed by atoms with van der Waals surface area (Å²) in [6.07, 6.45) is 7.77. The molecule has 0 radical (unpaired) electrons. The molecule has 0 aromatic carbocycles. The third-order valence-electron chi connectivity index (χ3n) is 2.14. The van der Waals surface area contributed by atoms with Gasteiger partial charge >= 0.3 is 0 Å². The fourth-order valence-electron chi connectivity index (χ4n) is 1.44. The third kappa shape index (κ3) is 2.67. The molecule has 3 nitrogen and oxygen atoms in total. The highest BCUT2D eigenvalue weighted by Gasteiger charge is 2.24. The molecule has 0 aliphatic heterocycles. The lowest BCUT2D eigenvalue weighted by atomic mass is 10.0. The van der Waals surface area contributed by atoms with Gasteiger partial charge in [0.2, 0.25) is 0 Å². The van der Waals surface area contributed by atoms with Gasteiger partial charge in [0.1, 0.15) is 0 Å². The molecule has 0 amide bonds. The molecular weight excluding hydrogens is 188 g/mol. The summed E-state index contributed by atoms with van der Waals surface area (Å²) >= 11 is 0. The van der Waals surface area contributed by atoms with Crippen LogP contribution in [0.4, 0.5) is 0 Å². The smallest absolute Gasteiger partial charge is 0.282 e. The van der Waals surface area contributed by atoms with E-state index in [-0.39, 0.29) is 10.8 Å². The maximum Gasteiger partial charge on any atom is 0.291 e. The highest BCUT2D eigenvalue weighted by Crippen LogP contribution is 2.27. The first-order valence-electron chi connectivity index (χ1n) is 4.41. The van der Waals surface area contributed by atoms with Gasteiger partial charge in [-0.1, -0.05) is 31.9 Å². The molecule has 1 atom stereocenters. The van der Waals surface area contributed by atoms with Gasteiger partial charge in [-0.05, 0) is 12.5 Å². The van der Waals surface area contributed by atoms with Gasteiger partial charge in [-0.2, -0.15) is 8.42 Å². The summed E-state index contributed by atoms with van der Waals surface area (Å²) < 4.78 is 30.6. The second kappa shape index (κ2) is 4.07. The van der Waals surface area contributed by atoms with Crippen LogP contribution in [0.1, 0.15) is 26.2 Å². The van der Waals surface area contributed by atoms with Crippen molar-refractivity contribution >= 4 is 10.1 Å². The number of hydrogen-bond acceptors (Lipinski definition) is 2. The van der Waals surface area contributed by atoms with E-state index in [9.17, 15) is 8.42 Å². The van der Waals surface area contributed by atoms with Crippen molar-refractivity contribution in [2.24, 2.45) is 5.92 Å². The normalized spacial score (nSPS) is 22.0. The van der Waals surface area contributed by atoms with Crippen molar-refractivity contribution in [3.8, 4) is 0 Å². The van der Waals surface area contributed by atoms with Crippen LogP contribution in [0.5, 0.6) is 0 Å². The fraction of sp³-hybridized carbons (Fsp3) is 0.556. The molecule has 1 rings (SSSR count). The van der Waals surface area contributed by atoms with Crippen LogP contribution >= 0.6 is 0 Å². The Hall–Kier alpha value is -0.610. The van der Waals surface area contributed by atoms with Crippen LogP contribution in [-0.4, -0.2) is 13.0 Å². The molecule has 1 unspecified atom stereocenters. The monoisotopic (exact) mass is 202 g/mol. The quantitative estimate of drug-likeness (QED) is 0.710. The van der Waals surface area contributed by atoms with Crippen molar-refractivity contribution in [2.75, 3.05) is 0 Å². The van der Waals surface area contributed by atoms with Gasteiger partial charge < -0.3 is 0 Å². The van der Waals surface area contributed by atoms with Crippen LogP contribution < -0.4 is 0 Å². The van der Waals surface area contributed by atoms with E-state index in [1.807, 2.05) is 6.08 Å². The molecule has 0 spiro atoms. The first-order valence-corrected chi connectivity index (χ1v) is 5.85. The molecule has 0 bridgehead atoms. The summed E-state index contributed by atoms with van der Waals surface area (Å²) in [6.45, 7) is 2.05. The molecule has 0 saturated heterocycles. The zero-order valence-electron chi connectivity index (χ0n) is 7.60. The largest absolute Gasteiger partial charge is 0.291 e. The van der Waals surface area contributed by atoms with E-state index in [2.05, 4.69) is 6.92 Å². The van der Waals surface area contributed by atoms with Crippen LogP contribution in [0, 0.1) is 5.92 Å². The van der Waals surface area contributed by atoms with Crippen LogP contribution in [0.15, 0.2) is 23.1 Å². The van der Waals surface area contributed by atoms with Gasteiger partial charge in [-0.15, -0.1) is 0 Å². The molecule has 0 fully saturated rings. The molecule has 1 N–H and O–H groups in total. The lowest BCUT2D eigenvalue weighted by Crippen LogP contribution is -2.08. The van der Waals surface area contributed by atoms with E-state index >= 15 is 0 Å². The van der Waals surface area contributed by atoms with Crippen molar-refractivity contribution in [1.82, 2.24) is 0 Å². The summed E-state index contributed by atoms with van der Waals surface area (Å²) in [5.41, 5.74) is 0. The Morgan fingerprint density at radius 3 is 2.77 bits per heavy atom. The van der Waals surface area contributed by atoms with Gasteiger partial charge in [-0.25, -0.2) is 0 Å². The van der Waals surface area contributed by atoms with Crippen LogP contribution in [-0.2, 0) is 10.1 Å². The SMILES string of the molecule is CCCCC1C=CC=C1S(=O)(=O)O. The minimum Gasteiger partial charge on any atom is -0.282 e. The molecule has 0 heterocycles. The first kappa shape index (κ1) is 10.5. The number of unbranched alkanes of at least 4 members (excludes halogenated alkanes) is 1. The minimum absolute atomic E-state index is 0.116. The standard InChI is InChI=1S/C9H14O3S/c1-2-3-5-8-6-4-7-9(8)13(10,11)12/h4,6-8H,2-3,5H2,1H3,(H,10,11,12). The molecule has 0 aromatic rings. The summed E-state index contributed by atoms with van der Waals surface area (Å²) in [5.74, 6) is -0.116. The number of allylic oxidation sites excluding steroid dienone is 4. The fourth-order valence-corrected chi connectivity index (χ4v) is 2.27. The van der Waals surface area contributed by atoms with Crippen LogP contribution in [0.3, 0.4) is 0 Å². The Balaban J connectivity index is 2.68. The second-order valence-electron chi connectivity index (χ2n) is 3.18. The average Bonchev–Trinajstić information content (AvgIpc) is 2.47. The number of hydrogen-bond donors (Lipinski definition) is 1. The Labute approximate surface area is 78.9 Å².